The second-order valence-corrected chi connectivity index (χ2v) is 5.62. The van der Waals surface area contributed by atoms with Gasteiger partial charge in [0.15, 0.2) is 0 Å². The predicted octanol–water partition coefficient (Wildman–Crippen LogP) is 0.956. The Hall–Kier alpha value is -2.50. The minimum atomic E-state index is -0.0524. The van der Waals surface area contributed by atoms with Crippen molar-refractivity contribution in [2.24, 2.45) is 7.05 Å². The van der Waals surface area contributed by atoms with Gasteiger partial charge >= 0.3 is 0 Å². The number of hydrogen-bond donors (Lipinski definition) is 1. The number of anilines is 1. The fraction of sp³-hybridized carbons (Fsp3) is 0.500. The van der Waals surface area contributed by atoms with E-state index in [-0.39, 0.29) is 12.1 Å². The van der Waals surface area contributed by atoms with Crippen LogP contribution in [-0.4, -0.2) is 57.0 Å². The van der Waals surface area contributed by atoms with Crippen LogP contribution in [0.3, 0.4) is 0 Å². The van der Waals surface area contributed by atoms with E-state index in [0.29, 0.717) is 24.8 Å². The number of ether oxygens (including phenoxy) is 1. The maximum atomic E-state index is 8.93. The highest BCUT2D eigenvalue weighted by molar-refractivity contribution is 5.30. The molecule has 2 atom stereocenters. The summed E-state index contributed by atoms with van der Waals surface area (Å²) in [6.45, 7) is 5.23. The normalized spacial score (nSPS) is 21.4. The van der Waals surface area contributed by atoms with E-state index in [1.807, 2.05) is 30.1 Å². The van der Waals surface area contributed by atoms with Crippen LogP contribution in [0.1, 0.15) is 24.4 Å². The van der Waals surface area contributed by atoms with Gasteiger partial charge in [-0.05, 0) is 18.7 Å². The molecule has 1 saturated heterocycles. The Morgan fingerprint density at radius 1 is 1.42 bits per heavy atom. The first-order chi connectivity index (χ1) is 11.7. The van der Waals surface area contributed by atoms with Gasteiger partial charge in [0.05, 0.1) is 24.4 Å². The van der Waals surface area contributed by atoms with Gasteiger partial charge in [-0.25, -0.2) is 9.97 Å². The van der Waals surface area contributed by atoms with Gasteiger partial charge in [0.1, 0.15) is 11.8 Å². The van der Waals surface area contributed by atoms with E-state index in [9.17, 15) is 0 Å². The van der Waals surface area contributed by atoms with Crippen LogP contribution in [-0.2, 0) is 11.8 Å². The van der Waals surface area contributed by atoms with E-state index in [1.165, 1.54) is 0 Å². The molecule has 1 aliphatic rings. The Bertz CT molecular complexity index is 723. The highest BCUT2D eigenvalue weighted by Gasteiger charge is 2.34. The van der Waals surface area contributed by atoms with Gasteiger partial charge < -0.3 is 10.1 Å². The average Bonchev–Trinajstić information content (AvgIpc) is 3.05. The zero-order chi connectivity index (χ0) is 16.9. The minimum Gasteiger partial charge on any atom is -0.373 e. The minimum absolute atomic E-state index is 0.0524. The van der Waals surface area contributed by atoms with Crippen molar-refractivity contribution in [3.8, 4) is 6.07 Å². The van der Waals surface area contributed by atoms with Crippen LogP contribution in [0.15, 0.2) is 24.5 Å². The second-order valence-electron chi connectivity index (χ2n) is 5.62. The molecule has 0 aliphatic carbocycles. The number of likely N-dealkylation sites (N-methyl/N-ethyl adjacent to an activating group) is 1. The van der Waals surface area contributed by atoms with Gasteiger partial charge in [0.25, 0.3) is 0 Å². The van der Waals surface area contributed by atoms with E-state index < -0.39 is 0 Å². The van der Waals surface area contributed by atoms with Crippen molar-refractivity contribution in [3.05, 3.63) is 35.9 Å². The van der Waals surface area contributed by atoms with Crippen LogP contribution in [0, 0.1) is 11.3 Å². The Labute approximate surface area is 141 Å². The summed E-state index contributed by atoms with van der Waals surface area (Å²) in [4.78, 5) is 10.7. The van der Waals surface area contributed by atoms with Crippen molar-refractivity contribution in [2.45, 2.75) is 19.1 Å². The molecule has 126 valence electrons. The molecular formula is C16H21N7O. The van der Waals surface area contributed by atoms with Crippen LogP contribution in [0.4, 0.5) is 5.95 Å². The van der Waals surface area contributed by atoms with Crippen molar-refractivity contribution in [1.29, 1.82) is 5.26 Å². The van der Waals surface area contributed by atoms with E-state index >= 15 is 0 Å². The van der Waals surface area contributed by atoms with Crippen LogP contribution >= 0.6 is 0 Å². The van der Waals surface area contributed by atoms with Crippen molar-refractivity contribution in [3.63, 3.8) is 0 Å². The van der Waals surface area contributed by atoms with E-state index in [0.717, 1.165) is 18.8 Å². The zero-order valence-corrected chi connectivity index (χ0v) is 13.9. The number of aryl methyl sites for hydroxylation is 1. The number of aromatic nitrogens is 4. The summed E-state index contributed by atoms with van der Waals surface area (Å²) in [7, 11) is 1.95. The van der Waals surface area contributed by atoms with Gasteiger partial charge in [-0.3, -0.25) is 9.58 Å². The zero-order valence-electron chi connectivity index (χ0n) is 13.9. The van der Waals surface area contributed by atoms with Gasteiger partial charge in [0.2, 0.25) is 5.95 Å². The van der Waals surface area contributed by atoms with Gasteiger partial charge in [-0.1, -0.05) is 6.92 Å². The molecule has 1 fully saturated rings. The summed E-state index contributed by atoms with van der Waals surface area (Å²) in [6, 6.07) is 5.74. The summed E-state index contributed by atoms with van der Waals surface area (Å²) in [5, 5.41) is 16.4. The lowest BCUT2D eigenvalue weighted by atomic mass is 10.0. The summed E-state index contributed by atoms with van der Waals surface area (Å²) >= 11 is 0. The molecule has 0 radical (unpaired) electrons. The lowest BCUT2D eigenvalue weighted by Gasteiger charge is -2.40. The Morgan fingerprint density at radius 3 is 3.00 bits per heavy atom. The van der Waals surface area contributed by atoms with Crippen LogP contribution in [0.2, 0.25) is 0 Å². The highest BCUT2D eigenvalue weighted by atomic mass is 16.5. The number of hydrogen-bond acceptors (Lipinski definition) is 7. The van der Waals surface area contributed by atoms with Crippen LogP contribution < -0.4 is 5.32 Å². The smallest absolute Gasteiger partial charge is 0.223 e. The monoisotopic (exact) mass is 327 g/mol. The molecule has 1 N–H and O–H groups in total. The van der Waals surface area contributed by atoms with Crippen molar-refractivity contribution >= 4 is 5.95 Å². The number of nitrogens with zero attached hydrogens (tertiary/aromatic N) is 6. The Kier molecular flexibility index (Phi) is 5.03. The van der Waals surface area contributed by atoms with Gasteiger partial charge in [-0.2, -0.15) is 10.4 Å². The lowest BCUT2D eigenvalue weighted by Crippen LogP contribution is -2.48. The third-order valence-corrected chi connectivity index (χ3v) is 4.26. The maximum Gasteiger partial charge on any atom is 0.223 e. The summed E-state index contributed by atoms with van der Waals surface area (Å²) in [6.07, 6.45) is 3.33. The van der Waals surface area contributed by atoms with Crippen molar-refractivity contribution in [1.82, 2.24) is 24.6 Å². The largest absolute Gasteiger partial charge is 0.373 e. The lowest BCUT2D eigenvalue weighted by molar-refractivity contribution is -0.0664. The number of rotatable bonds is 5. The second kappa shape index (κ2) is 7.38. The van der Waals surface area contributed by atoms with Crippen molar-refractivity contribution in [2.75, 3.05) is 31.6 Å². The van der Waals surface area contributed by atoms with E-state index in [2.05, 4.69) is 32.2 Å². The molecule has 8 nitrogen and oxygen atoms in total. The van der Waals surface area contributed by atoms with Gasteiger partial charge in [0, 0.05) is 32.5 Å². The SMILES string of the molecule is CCN1CCO[C@@H](CNc2nccc(C#N)n2)[C@@H]1c1ccnn1C. The predicted molar refractivity (Wildman–Crippen MR) is 88.2 cm³/mol. The molecule has 0 bridgehead atoms. The molecule has 3 rings (SSSR count). The summed E-state index contributed by atoms with van der Waals surface area (Å²) in [5.41, 5.74) is 1.46. The number of nitriles is 1. The molecule has 0 aromatic carbocycles. The molecule has 0 spiro atoms. The first-order valence-electron chi connectivity index (χ1n) is 8.03. The first-order valence-corrected chi connectivity index (χ1v) is 8.03. The number of morpholine rings is 1. The van der Waals surface area contributed by atoms with Crippen LogP contribution in [0.5, 0.6) is 0 Å². The topological polar surface area (TPSA) is 91.9 Å². The molecular weight excluding hydrogens is 306 g/mol. The van der Waals surface area contributed by atoms with Crippen molar-refractivity contribution < 1.29 is 4.74 Å². The Morgan fingerprint density at radius 2 is 2.29 bits per heavy atom. The fourth-order valence-corrected chi connectivity index (χ4v) is 3.06. The summed E-state index contributed by atoms with van der Waals surface area (Å²) < 4.78 is 7.90. The molecule has 2 aromatic rings. The molecule has 24 heavy (non-hydrogen) atoms. The van der Waals surface area contributed by atoms with E-state index in [4.69, 9.17) is 10.00 Å². The third kappa shape index (κ3) is 3.37. The third-order valence-electron chi connectivity index (χ3n) is 4.26. The Balaban J connectivity index is 1.76. The molecule has 1 aliphatic heterocycles. The molecule has 0 saturated carbocycles. The average molecular weight is 327 g/mol. The molecule has 2 aromatic heterocycles. The molecule has 8 heteroatoms. The fourth-order valence-electron chi connectivity index (χ4n) is 3.06. The molecule has 0 unspecified atom stereocenters. The summed E-state index contributed by atoms with van der Waals surface area (Å²) in [5.74, 6) is 0.440. The maximum absolute atomic E-state index is 8.93. The van der Waals surface area contributed by atoms with E-state index in [1.54, 1.807) is 12.3 Å². The quantitative estimate of drug-likeness (QED) is 0.874. The standard InChI is InChI=1S/C16H21N7O/c1-3-23-8-9-24-14(15(23)13-5-7-20-22(13)2)11-19-16-18-6-4-12(10-17)21-16/h4-7,14-15H,3,8-9,11H2,1-2H3,(H,18,19,21)/t14-,15-/m0/s1. The van der Waals surface area contributed by atoms with Crippen LogP contribution in [0.25, 0.3) is 0 Å². The van der Waals surface area contributed by atoms with Gasteiger partial charge in [-0.15, -0.1) is 0 Å². The molecule has 3 heterocycles. The first kappa shape index (κ1) is 16.4. The highest BCUT2D eigenvalue weighted by Crippen LogP contribution is 2.29. The molecule has 0 amide bonds. The number of nitrogens with one attached hydrogen (secondary N) is 1.